The monoisotopic (exact) mass is 414 g/mol. The molecule has 3 heterocycles. The van der Waals surface area contributed by atoms with Gasteiger partial charge in [-0.3, -0.25) is 9.20 Å². The third-order valence-corrected chi connectivity index (χ3v) is 5.49. The number of fused-ring (bicyclic) bond motifs is 1. The van der Waals surface area contributed by atoms with Crippen molar-refractivity contribution in [2.24, 2.45) is 0 Å². The van der Waals surface area contributed by atoms with Gasteiger partial charge in [0, 0.05) is 42.4 Å². The van der Waals surface area contributed by atoms with Crippen molar-refractivity contribution in [1.82, 2.24) is 24.5 Å². The van der Waals surface area contributed by atoms with Gasteiger partial charge in [0.2, 0.25) is 5.91 Å². The highest BCUT2D eigenvalue weighted by atomic mass is 79.9. The van der Waals surface area contributed by atoms with E-state index in [1.54, 1.807) is 6.33 Å². The van der Waals surface area contributed by atoms with Crippen LogP contribution in [-0.2, 0) is 11.2 Å². The molecule has 2 aromatic heterocycles. The molecule has 1 amide bonds. The van der Waals surface area contributed by atoms with Crippen LogP contribution < -0.4 is 4.90 Å². The number of rotatable bonds is 3. The first-order chi connectivity index (χ1) is 12.6. The van der Waals surface area contributed by atoms with Crippen LogP contribution in [0.4, 0.5) is 5.82 Å². The molecule has 1 aromatic carbocycles. The van der Waals surface area contributed by atoms with E-state index < -0.39 is 0 Å². The Bertz CT molecular complexity index is 948. The summed E-state index contributed by atoms with van der Waals surface area (Å²) in [5, 5.41) is 7.95. The first-order valence-electron chi connectivity index (χ1n) is 8.55. The van der Waals surface area contributed by atoms with Crippen molar-refractivity contribution < 1.29 is 4.79 Å². The van der Waals surface area contributed by atoms with Crippen LogP contribution in [0.2, 0.25) is 0 Å². The Morgan fingerprint density at radius 3 is 2.73 bits per heavy atom. The molecule has 1 aliphatic heterocycles. The average molecular weight is 415 g/mol. The van der Waals surface area contributed by atoms with Crippen molar-refractivity contribution in [1.29, 1.82) is 0 Å². The summed E-state index contributed by atoms with van der Waals surface area (Å²) in [5.74, 6) is 1.65. The number of carbonyl (C=O) groups excluding carboxylic acids is 1. The number of amides is 1. The highest BCUT2D eigenvalue weighted by Gasteiger charge is 2.23. The van der Waals surface area contributed by atoms with Gasteiger partial charge >= 0.3 is 0 Å². The van der Waals surface area contributed by atoms with E-state index in [0.717, 1.165) is 34.6 Å². The Morgan fingerprint density at radius 1 is 1.19 bits per heavy atom. The van der Waals surface area contributed by atoms with Crippen molar-refractivity contribution in [2.45, 2.75) is 13.3 Å². The predicted octanol–water partition coefficient (Wildman–Crippen LogP) is 2.09. The Kier molecular flexibility index (Phi) is 4.58. The first-order valence-corrected chi connectivity index (χ1v) is 9.34. The lowest BCUT2D eigenvalue weighted by Crippen LogP contribution is -2.49. The van der Waals surface area contributed by atoms with Crippen molar-refractivity contribution >= 4 is 33.4 Å². The molecule has 0 saturated carbocycles. The molecule has 0 aliphatic carbocycles. The molecule has 4 rings (SSSR count). The van der Waals surface area contributed by atoms with Crippen molar-refractivity contribution in [2.75, 3.05) is 31.1 Å². The minimum absolute atomic E-state index is 0.161. The molecule has 0 spiro atoms. The fourth-order valence-corrected chi connectivity index (χ4v) is 3.63. The Labute approximate surface area is 159 Å². The number of aromatic nitrogens is 4. The molecule has 0 radical (unpaired) electrons. The highest BCUT2D eigenvalue weighted by molar-refractivity contribution is 9.10. The summed E-state index contributed by atoms with van der Waals surface area (Å²) in [6.07, 6.45) is 2.09. The van der Waals surface area contributed by atoms with E-state index in [4.69, 9.17) is 0 Å². The highest BCUT2D eigenvalue weighted by Crippen LogP contribution is 2.19. The van der Waals surface area contributed by atoms with Crippen LogP contribution in [0.5, 0.6) is 0 Å². The van der Waals surface area contributed by atoms with Crippen LogP contribution >= 0.6 is 15.9 Å². The molecule has 1 fully saturated rings. The zero-order valence-corrected chi connectivity index (χ0v) is 16.1. The topological polar surface area (TPSA) is 66.6 Å². The zero-order chi connectivity index (χ0) is 18.1. The van der Waals surface area contributed by atoms with Gasteiger partial charge in [0.15, 0.2) is 0 Å². The van der Waals surface area contributed by atoms with Crippen LogP contribution in [0, 0.1) is 6.92 Å². The van der Waals surface area contributed by atoms with Crippen LogP contribution in [0.25, 0.3) is 5.78 Å². The molecule has 8 heteroatoms. The van der Waals surface area contributed by atoms with Gasteiger partial charge in [0.05, 0.1) is 6.42 Å². The summed E-state index contributed by atoms with van der Waals surface area (Å²) >= 11 is 3.51. The summed E-state index contributed by atoms with van der Waals surface area (Å²) in [4.78, 5) is 21.3. The number of hydrogen-bond acceptors (Lipinski definition) is 5. The summed E-state index contributed by atoms with van der Waals surface area (Å²) in [7, 11) is 0. The number of hydrogen-bond donors (Lipinski definition) is 0. The summed E-state index contributed by atoms with van der Waals surface area (Å²) in [6.45, 7) is 4.93. The van der Waals surface area contributed by atoms with E-state index >= 15 is 0 Å². The van der Waals surface area contributed by atoms with E-state index in [-0.39, 0.29) is 5.91 Å². The van der Waals surface area contributed by atoms with Gasteiger partial charge in [-0.2, -0.15) is 4.98 Å². The van der Waals surface area contributed by atoms with Crippen LogP contribution in [0.15, 0.2) is 41.1 Å². The van der Waals surface area contributed by atoms with Crippen LogP contribution in [0.3, 0.4) is 0 Å². The smallest absolute Gasteiger partial charge is 0.256 e. The summed E-state index contributed by atoms with van der Waals surface area (Å²) in [6, 6.07) is 9.90. The van der Waals surface area contributed by atoms with Gasteiger partial charge in [0.25, 0.3) is 5.78 Å². The number of carbonyl (C=O) groups is 1. The molecule has 0 N–H and O–H groups in total. The molecular formula is C18H19BrN6O. The van der Waals surface area contributed by atoms with Gasteiger partial charge in [-0.1, -0.05) is 34.1 Å². The first kappa shape index (κ1) is 17.0. The van der Waals surface area contributed by atoms with E-state index in [9.17, 15) is 4.79 Å². The SMILES string of the molecule is Cc1cc(N2CCN(C(=O)Cc3ccccc3Br)CC2)nc2nncn12. The number of piperazine rings is 1. The molecule has 134 valence electrons. The molecule has 1 saturated heterocycles. The Hall–Kier alpha value is -2.48. The maximum absolute atomic E-state index is 12.6. The van der Waals surface area contributed by atoms with E-state index in [1.165, 1.54) is 0 Å². The molecule has 0 bridgehead atoms. The molecule has 7 nitrogen and oxygen atoms in total. The molecular weight excluding hydrogens is 396 g/mol. The molecule has 1 aliphatic rings. The quantitative estimate of drug-likeness (QED) is 0.656. The maximum Gasteiger partial charge on any atom is 0.256 e. The second-order valence-electron chi connectivity index (χ2n) is 6.39. The second kappa shape index (κ2) is 7.03. The van der Waals surface area contributed by atoms with Gasteiger partial charge in [0.1, 0.15) is 12.1 Å². The molecule has 3 aromatic rings. The van der Waals surface area contributed by atoms with Crippen LogP contribution in [0.1, 0.15) is 11.3 Å². The van der Waals surface area contributed by atoms with E-state index in [0.29, 0.717) is 25.3 Å². The molecule has 0 atom stereocenters. The predicted molar refractivity (Wildman–Crippen MR) is 102 cm³/mol. The lowest BCUT2D eigenvalue weighted by atomic mass is 10.1. The van der Waals surface area contributed by atoms with Crippen molar-refractivity contribution in [3.8, 4) is 0 Å². The Balaban J connectivity index is 1.41. The number of anilines is 1. The van der Waals surface area contributed by atoms with E-state index in [2.05, 4.69) is 36.0 Å². The standard InChI is InChI=1S/C18H19BrN6O/c1-13-10-16(21-18-22-20-12-25(13)18)23-6-8-24(9-7-23)17(26)11-14-4-2-3-5-15(14)19/h2-5,10,12H,6-9,11H2,1H3. The van der Waals surface area contributed by atoms with Gasteiger partial charge in [-0.25, -0.2) is 0 Å². The normalized spacial score (nSPS) is 14.8. The minimum atomic E-state index is 0.161. The second-order valence-corrected chi connectivity index (χ2v) is 7.25. The number of nitrogens with zero attached hydrogens (tertiary/aromatic N) is 6. The molecule has 26 heavy (non-hydrogen) atoms. The van der Waals surface area contributed by atoms with Gasteiger partial charge < -0.3 is 9.80 Å². The van der Waals surface area contributed by atoms with E-state index in [1.807, 2.05) is 46.6 Å². The zero-order valence-electron chi connectivity index (χ0n) is 14.5. The number of halogens is 1. The maximum atomic E-state index is 12.6. The largest absolute Gasteiger partial charge is 0.353 e. The lowest BCUT2D eigenvalue weighted by Gasteiger charge is -2.35. The van der Waals surface area contributed by atoms with Gasteiger partial charge in [-0.05, 0) is 18.6 Å². The minimum Gasteiger partial charge on any atom is -0.353 e. The lowest BCUT2D eigenvalue weighted by molar-refractivity contribution is -0.130. The summed E-state index contributed by atoms with van der Waals surface area (Å²) < 4.78 is 2.84. The summed E-state index contributed by atoms with van der Waals surface area (Å²) in [5.41, 5.74) is 2.07. The third kappa shape index (κ3) is 3.29. The third-order valence-electron chi connectivity index (χ3n) is 4.72. The fraction of sp³-hybridized carbons (Fsp3) is 0.333. The van der Waals surface area contributed by atoms with Crippen molar-refractivity contribution in [3.63, 3.8) is 0 Å². The fourth-order valence-electron chi connectivity index (χ4n) is 3.21. The van der Waals surface area contributed by atoms with Crippen molar-refractivity contribution in [3.05, 3.63) is 52.4 Å². The number of benzene rings is 1. The Morgan fingerprint density at radius 2 is 1.96 bits per heavy atom. The number of aryl methyl sites for hydroxylation is 1. The van der Waals surface area contributed by atoms with Gasteiger partial charge in [-0.15, -0.1) is 10.2 Å². The van der Waals surface area contributed by atoms with Crippen LogP contribution in [-0.4, -0.2) is 56.6 Å². The molecule has 0 unspecified atom stereocenters. The average Bonchev–Trinajstić information content (AvgIpc) is 3.13.